The molecule has 1 aliphatic heterocycles. The van der Waals surface area contributed by atoms with Gasteiger partial charge in [0.05, 0.1) is 0 Å². The highest BCUT2D eigenvalue weighted by molar-refractivity contribution is 5.76. The number of hydrogen-bond acceptors (Lipinski definition) is 7. The molecule has 0 aliphatic carbocycles. The molecule has 0 bridgehead atoms. The van der Waals surface area contributed by atoms with E-state index in [1.807, 2.05) is 44.2 Å². The SMILES string of the molecule is CCCCn1c(=O)[nH]c(=O)c2c1nc(COC(=O)C1CC(c3ccccc3)NN1)n2CC. The molecule has 0 amide bonds. The number of nitrogens with zero attached hydrogens (tertiary/aromatic N) is 3. The minimum absolute atomic E-state index is 0.0144. The number of aromatic amines is 1. The zero-order chi connectivity index (χ0) is 22.7. The summed E-state index contributed by atoms with van der Waals surface area (Å²) in [5.74, 6) is 0.0330. The molecular weight excluding hydrogens is 412 g/mol. The van der Waals surface area contributed by atoms with Gasteiger partial charge in [-0.2, -0.15) is 0 Å². The molecule has 1 fully saturated rings. The quantitative estimate of drug-likeness (QED) is 0.452. The fourth-order valence-electron chi connectivity index (χ4n) is 4.04. The van der Waals surface area contributed by atoms with Gasteiger partial charge in [-0.05, 0) is 25.3 Å². The highest BCUT2D eigenvalue weighted by Gasteiger charge is 2.31. The molecular formula is C22H28N6O4. The Labute approximate surface area is 184 Å². The zero-order valence-electron chi connectivity index (χ0n) is 18.3. The number of carbonyl (C=O) groups excluding carboxylic acids is 1. The molecule has 2 atom stereocenters. The van der Waals surface area contributed by atoms with Gasteiger partial charge in [0.1, 0.15) is 18.5 Å². The molecule has 0 saturated carbocycles. The van der Waals surface area contributed by atoms with E-state index >= 15 is 0 Å². The molecule has 4 rings (SSSR count). The molecule has 1 aromatic carbocycles. The summed E-state index contributed by atoms with van der Waals surface area (Å²) in [6, 6.07) is 9.40. The van der Waals surface area contributed by atoms with Crippen LogP contribution in [0.1, 0.15) is 50.5 Å². The lowest BCUT2D eigenvalue weighted by molar-refractivity contribution is -0.147. The van der Waals surface area contributed by atoms with Gasteiger partial charge in [-0.25, -0.2) is 20.6 Å². The van der Waals surface area contributed by atoms with E-state index in [1.54, 1.807) is 4.57 Å². The number of rotatable bonds is 8. The Kier molecular flexibility index (Phi) is 6.52. The molecule has 32 heavy (non-hydrogen) atoms. The Balaban J connectivity index is 1.52. The van der Waals surface area contributed by atoms with Crippen molar-refractivity contribution < 1.29 is 9.53 Å². The number of aromatic nitrogens is 4. The van der Waals surface area contributed by atoms with E-state index in [1.165, 1.54) is 4.57 Å². The molecule has 10 nitrogen and oxygen atoms in total. The van der Waals surface area contributed by atoms with Crippen LogP contribution in [0.2, 0.25) is 0 Å². The summed E-state index contributed by atoms with van der Waals surface area (Å²) in [4.78, 5) is 44.3. The predicted molar refractivity (Wildman–Crippen MR) is 119 cm³/mol. The van der Waals surface area contributed by atoms with E-state index in [-0.39, 0.29) is 12.6 Å². The lowest BCUT2D eigenvalue weighted by atomic mass is 10.0. The fourth-order valence-corrected chi connectivity index (χ4v) is 4.04. The molecule has 170 valence electrons. The first-order valence-corrected chi connectivity index (χ1v) is 11.0. The van der Waals surface area contributed by atoms with Crippen molar-refractivity contribution in [3.05, 3.63) is 62.6 Å². The maximum Gasteiger partial charge on any atom is 0.330 e. The van der Waals surface area contributed by atoms with Crippen LogP contribution in [0.4, 0.5) is 0 Å². The molecule has 0 radical (unpaired) electrons. The second kappa shape index (κ2) is 9.49. The first-order chi connectivity index (χ1) is 15.5. The van der Waals surface area contributed by atoms with E-state index in [2.05, 4.69) is 20.8 Å². The maximum absolute atomic E-state index is 12.7. The Morgan fingerprint density at radius 2 is 1.94 bits per heavy atom. The van der Waals surface area contributed by atoms with Gasteiger partial charge < -0.3 is 9.30 Å². The van der Waals surface area contributed by atoms with Crippen LogP contribution in [0.3, 0.4) is 0 Å². The van der Waals surface area contributed by atoms with Crippen LogP contribution < -0.4 is 22.1 Å². The van der Waals surface area contributed by atoms with E-state index in [4.69, 9.17) is 4.74 Å². The monoisotopic (exact) mass is 440 g/mol. The minimum Gasteiger partial charge on any atom is -0.456 e. The van der Waals surface area contributed by atoms with Gasteiger partial charge >= 0.3 is 11.7 Å². The third kappa shape index (κ3) is 4.23. The van der Waals surface area contributed by atoms with Gasteiger partial charge in [-0.15, -0.1) is 0 Å². The summed E-state index contributed by atoms with van der Waals surface area (Å²) in [6.07, 6.45) is 2.25. The van der Waals surface area contributed by atoms with Gasteiger partial charge in [-0.1, -0.05) is 43.7 Å². The van der Waals surface area contributed by atoms with Gasteiger partial charge in [0.2, 0.25) is 0 Å². The summed E-state index contributed by atoms with van der Waals surface area (Å²) in [7, 11) is 0. The highest BCUT2D eigenvalue weighted by Crippen LogP contribution is 2.22. The van der Waals surface area contributed by atoms with Crippen molar-refractivity contribution in [3.8, 4) is 0 Å². The molecule has 2 aromatic heterocycles. The molecule has 2 unspecified atom stereocenters. The predicted octanol–water partition coefficient (Wildman–Crippen LogP) is 1.36. The average molecular weight is 441 g/mol. The Morgan fingerprint density at radius 3 is 2.66 bits per heavy atom. The summed E-state index contributed by atoms with van der Waals surface area (Å²) in [5, 5.41) is 0. The third-order valence-corrected chi connectivity index (χ3v) is 5.75. The van der Waals surface area contributed by atoms with Crippen molar-refractivity contribution in [2.75, 3.05) is 0 Å². The number of unbranched alkanes of at least 4 members (excludes halogenated alkanes) is 1. The van der Waals surface area contributed by atoms with Gasteiger partial charge in [0.25, 0.3) is 5.56 Å². The number of aryl methyl sites for hydroxylation is 2. The Morgan fingerprint density at radius 1 is 1.16 bits per heavy atom. The number of carbonyl (C=O) groups is 1. The van der Waals surface area contributed by atoms with Crippen molar-refractivity contribution in [2.45, 2.75) is 64.9 Å². The fraction of sp³-hybridized carbons (Fsp3) is 0.455. The van der Waals surface area contributed by atoms with Crippen molar-refractivity contribution in [3.63, 3.8) is 0 Å². The first kappa shape index (κ1) is 22.0. The van der Waals surface area contributed by atoms with E-state index in [0.717, 1.165) is 18.4 Å². The Bertz CT molecular complexity index is 1210. The average Bonchev–Trinajstić information content (AvgIpc) is 3.43. The number of nitrogens with one attached hydrogen (secondary N) is 3. The van der Waals surface area contributed by atoms with Crippen LogP contribution in [0.25, 0.3) is 11.2 Å². The van der Waals surface area contributed by atoms with Crippen molar-refractivity contribution in [1.29, 1.82) is 0 Å². The zero-order valence-corrected chi connectivity index (χ0v) is 18.3. The van der Waals surface area contributed by atoms with Crippen LogP contribution in [-0.4, -0.2) is 31.1 Å². The first-order valence-electron chi connectivity index (χ1n) is 11.0. The molecule has 3 aromatic rings. The summed E-state index contributed by atoms with van der Waals surface area (Å²) in [5.41, 5.74) is 6.89. The standard InChI is InChI=1S/C22H28N6O4/c1-3-5-11-28-19-18(20(29)24-22(28)31)27(4-2)17(23-19)13-32-21(30)16-12-15(25-26-16)14-9-7-6-8-10-14/h6-10,15-16,25-26H,3-5,11-13H2,1-2H3,(H,24,29,31). The maximum atomic E-state index is 12.7. The number of hydrogen-bond donors (Lipinski definition) is 3. The number of H-pyrrole nitrogens is 1. The number of hydrazine groups is 1. The molecule has 3 heterocycles. The molecule has 3 N–H and O–H groups in total. The lowest BCUT2D eigenvalue weighted by Gasteiger charge is -2.11. The molecule has 0 spiro atoms. The lowest BCUT2D eigenvalue weighted by Crippen LogP contribution is -2.37. The Hall–Kier alpha value is -3.24. The van der Waals surface area contributed by atoms with Gasteiger partial charge in [0, 0.05) is 19.1 Å². The number of esters is 1. The van der Waals surface area contributed by atoms with Crippen molar-refractivity contribution >= 4 is 17.1 Å². The number of imidazole rings is 1. The van der Waals surface area contributed by atoms with E-state index in [0.29, 0.717) is 36.5 Å². The van der Waals surface area contributed by atoms with Crippen LogP contribution in [0.15, 0.2) is 39.9 Å². The topological polar surface area (TPSA) is 123 Å². The number of benzene rings is 1. The number of ether oxygens (including phenoxy) is 1. The van der Waals surface area contributed by atoms with Crippen molar-refractivity contribution in [2.24, 2.45) is 0 Å². The van der Waals surface area contributed by atoms with Crippen LogP contribution >= 0.6 is 0 Å². The van der Waals surface area contributed by atoms with Crippen LogP contribution in [0.5, 0.6) is 0 Å². The van der Waals surface area contributed by atoms with Crippen LogP contribution in [-0.2, 0) is 29.2 Å². The molecule has 1 aliphatic rings. The molecule has 10 heteroatoms. The minimum atomic E-state index is -0.495. The largest absolute Gasteiger partial charge is 0.456 e. The summed E-state index contributed by atoms with van der Waals surface area (Å²) >= 11 is 0. The summed E-state index contributed by atoms with van der Waals surface area (Å²) < 4.78 is 8.70. The van der Waals surface area contributed by atoms with E-state index in [9.17, 15) is 14.4 Å². The highest BCUT2D eigenvalue weighted by atomic mass is 16.5. The van der Waals surface area contributed by atoms with Gasteiger partial charge in [-0.3, -0.25) is 19.1 Å². The van der Waals surface area contributed by atoms with Gasteiger partial charge in [0.15, 0.2) is 11.2 Å². The van der Waals surface area contributed by atoms with Crippen molar-refractivity contribution in [1.82, 2.24) is 30.0 Å². The normalized spacial score (nSPS) is 18.3. The summed E-state index contributed by atoms with van der Waals surface area (Å²) in [6.45, 7) is 4.73. The van der Waals surface area contributed by atoms with Crippen LogP contribution in [0, 0.1) is 0 Å². The second-order valence-corrected chi connectivity index (χ2v) is 7.86. The molecule has 1 saturated heterocycles. The smallest absolute Gasteiger partial charge is 0.330 e. The third-order valence-electron chi connectivity index (χ3n) is 5.75. The second-order valence-electron chi connectivity index (χ2n) is 7.86. The number of fused-ring (bicyclic) bond motifs is 1. The van der Waals surface area contributed by atoms with E-state index < -0.39 is 23.3 Å².